The molecule has 0 bridgehead atoms. The van der Waals surface area contributed by atoms with E-state index in [1.807, 2.05) is 25.1 Å². The van der Waals surface area contributed by atoms with Gasteiger partial charge in [0.2, 0.25) is 5.91 Å². The fourth-order valence-electron chi connectivity index (χ4n) is 2.39. The quantitative estimate of drug-likeness (QED) is 0.818. The number of amides is 1. The predicted octanol–water partition coefficient (Wildman–Crippen LogP) is 2.16. The molecule has 0 saturated carbocycles. The van der Waals surface area contributed by atoms with E-state index < -0.39 is 0 Å². The molecule has 0 radical (unpaired) electrons. The summed E-state index contributed by atoms with van der Waals surface area (Å²) in [5.74, 6) is 0.0704. The molecule has 1 aliphatic heterocycles. The number of hydrogen-bond donors (Lipinski definition) is 2. The standard InChI is InChI=1S/C15H22ClN3O/c1-3-6-17-10-12-4-5-13(9-14(12)16)19-8-7-18-15(20)11(19)2/h4-5,9,11,17H,3,6-8,10H2,1-2H3,(H,18,20). The maximum Gasteiger partial charge on any atom is 0.242 e. The van der Waals surface area contributed by atoms with Crippen molar-refractivity contribution in [1.82, 2.24) is 10.6 Å². The molecule has 1 aliphatic rings. The van der Waals surface area contributed by atoms with Gasteiger partial charge in [0.1, 0.15) is 6.04 Å². The van der Waals surface area contributed by atoms with Gasteiger partial charge in [-0.15, -0.1) is 0 Å². The van der Waals surface area contributed by atoms with Crippen LogP contribution in [0.5, 0.6) is 0 Å². The number of hydrogen-bond acceptors (Lipinski definition) is 3. The topological polar surface area (TPSA) is 44.4 Å². The normalized spacial score (nSPS) is 19.1. The second-order valence-corrected chi connectivity index (χ2v) is 5.52. The zero-order valence-electron chi connectivity index (χ0n) is 12.1. The lowest BCUT2D eigenvalue weighted by atomic mass is 10.1. The molecule has 1 heterocycles. The Morgan fingerprint density at radius 1 is 1.50 bits per heavy atom. The van der Waals surface area contributed by atoms with Crippen molar-refractivity contribution in [2.45, 2.75) is 32.9 Å². The number of halogens is 1. The Hall–Kier alpha value is -1.26. The third kappa shape index (κ3) is 3.44. The molecule has 1 saturated heterocycles. The summed E-state index contributed by atoms with van der Waals surface area (Å²) in [6, 6.07) is 5.90. The molecule has 1 amide bonds. The Morgan fingerprint density at radius 3 is 3.00 bits per heavy atom. The van der Waals surface area contributed by atoms with Gasteiger partial charge in [-0.2, -0.15) is 0 Å². The predicted molar refractivity (Wildman–Crippen MR) is 83.3 cm³/mol. The van der Waals surface area contributed by atoms with Crippen LogP contribution in [0.2, 0.25) is 5.02 Å². The SMILES string of the molecule is CCCNCc1ccc(N2CCNC(=O)C2C)cc1Cl. The summed E-state index contributed by atoms with van der Waals surface area (Å²) < 4.78 is 0. The zero-order valence-corrected chi connectivity index (χ0v) is 12.8. The Kier molecular flexibility index (Phi) is 5.26. The maximum absolute atomic E-state index is 11.7. The number of nitrogens with one attached hydrogen (secondary N) is 2. The van der Waals surface area contributed by atoms with Crippen molar-refractivity contribution in [3.63, 3.8) is 0 Å². The van der Waals surface area contributed by atoms with Crippen LogP contribution in [0.3, 0.4) is 0 Å². The molecule has 5 heteroatoms. The van der Waals surface area contributed by atoms with Crippen molar-refractivity contribution in [3.8, 4) is 0 Å². The van der Waals surface area contributed by atoms with Crippen LogP contribution in [0.1, 0.15) is 25.8 Å². The van der Waals surface area contributed by atoms with E-state index in [2.05, 4.69) is 22.5 Å². The summed E-state index contributed by atoms with van der Waals surface area (Å²) in [5, 5.41) is 6.97. The Balaban J connectivity index is 2.09. The third-order valence-electron chi connectivity index (χ3n) is 3.61. The molecule has 0 aliphatic carbocycles. The molecule has 0 spiro atoms. The molecule has 2 rings (SSSR count). The Morgan fingerprint density at radius 2 is 2.30 bits per heavy atom. The van der Waals surface area contributed by atoms with Gasteiger partial charge in [0, 0.05) is 30.3 Å². The van der Waals surface area contributed by atoms with Crippen molar-refractivity contribution in [2.24, 2.45) is 0 Å². The molecule has 20 heavy (non-hydrogen) atoms. The highest BCUT2D eigenvalue weighted by atomic mass is 35.5. The Labute approximate surface area is 125 Å². The van der Waals surface area contributed by atoms with Gasteiger partial charge in [-0.05, 0) is 37.6 Å². The molecule has 2 N–H and O–H groups in total. The van der Waals surface area contributed by atoms with Crippen molar-refractivity contribution < 1.29 is 4.79 Å². The molecule has 1 aromatic carbocycles. The summed E-state index contributed by atoms with van der Waals surface area (Å²) >= 11 is 6.34. The summed E-state index contributed by atoms with van der Waals surface area (Å²) in [7, 11) is 0. The van der Waals surface area contributed by atoms with Crippen LogP contribution in [0.4, 0.5) is 5.69 Å². The average Bonchev–Trinajstić information content (AvgIpc) is 2.44. The van der Waals surface area contributed by atoms with E-state index in [0.29, 0.717) is 6.54 Å². The molecule has 1 aromatic rings. The van der Waals surface area contributed by atoms with Gasteiger partial charge in [0.25, 0.3) is 0 Å². The van der Waals surface area contributed by atoms with E-state index in [1.165, 1.54) is 0 Å². The molecule has 1 atom stereocenters. The van der Waals surface area contributed by atoms with E-state index in [4.69, 9.17) is 11.6 Å². The molecule has 110 valence electrons. The third-order valence-corrected chi connectivity index (χ3v) is 3.96. The summed E-state index contributed by atoms with van der Waals surface area (Å²) in [6.45, 7) is 7.32. The minimum atomic E-state index is -0.149. The first-order chi connectivity index (χ1) is 9.63. The summed E-state index contributed by atoms with van der Waals surface area (Å²) in [6.07, 6.45) is 1.11. The van der Waals surface area contributed by atoms with Gasteiger partial charge >= 0.3 is 0 Å². The second-order valence-electron chi connectivity index (χ2n) is 5.11. The Bertz CT molecular complexity index is 478. The number of anilines is 1. The monoisotopic (exact) mass is 295 g/mol. The number of carbonyl (C=O) groups is 1. The number of carbonyl (C=O) groups excluding carboxylic acids is 1. The van der Waals surface area contributed by atoms with Crippen LogP contribution in [0, 0.1) is 0 Å². The number of piperazine rings is 1. The summed E-state index contributed by atoms with van der Waals surface area (Å²) in [5.41, 5.74) is 2.11. The highest BCUT2D eigenvalue weighted by Crippen LogP contribution is 2.25. The molecule has 1 fully saturated rings. The average molecular weight is 296 g/mol. The molecule has 1 unspecified atom stereocenters. The lowest BCUT2D eigenvalue weighted by Crippen LogP contribution is -2.54. The lowest BCUT2D eigenvalue weighted by Gasteiger charge is -2.34. The second kappa shape index (κ2) is 6.95. The summed E-state index contributed by atoms with van der Waals surface area (Å²) in [4.78, 5) is 13.8. The molecule has 4 nitrogen and oxygen atoms in total. The van der Waals surface area contributed by atoms with Crippen LogP contribution < -0.4 is 15.5 Å². The minimum absolute atomic E-state index is 0.0704. The molecular formula is C15H22ClN3O. The van der Waals surface area contributed by atoms with E-state index in [-0.39, 0.29) is 11.9 Å². The molecular weight excluding hydrogens is 274 g/mol. The van der Waals surface area contributed by atoms with Crippen LogP contribution in [-0.4, -0.2) is 31.6 Å². The van der Waals surface area contributed by atoms with Crippen LogP contribution in [0.25, 0.3) is 0 Å². The van der Waals surface area contributed by atoms with E-state index in [1.54, 1.807) is 0 Å². The van der Waals surface area contributed by atoms with Gasteiger partial charge in [-0.25, -0.2) is 0 Å². The van der Waals surface area contributed by atoms with Crippen LogP contribution >= 0.6 is 11.6 Å². The first-order valence-corrected chi connectivity index (χ1v) is 7.54. The smallest absolute Gasteiger partial charge is 0.242 e. The van der Waals surface area contributed by atoms with Crippen LogP contribution in [0.15, 0.2) is 18.2 Å². The fourth-order valence-corrected chi connectivity index (χ4v) is 2.63. The highest BCUT2D eigenvalue weighted by molar-refractivity contribution is 6.31. The molecule has 0 aromatic heterocycles. The van der Waals surface area contributed by atoms with Crippen molar-refractivity contribution >= 4 is 23.2 Å². The maximum atomic E-state index is 11.7. The van der Waals surface area contributed by atoms with Gasteiger partial charge < -0.3 is 15.5 Å². The first-order valence-electron chi connectivity index (χ1n) is 7.17. The number of nitrogens with zero attached hydrogens (tertiary/aromatic N) is 1. The fraction of sp³-hybridized carbons (Fsp3) is 0.533. The van der Waals surface area contributed by atoms with Gasteiger partial charge in [-0.3, -0.25) is 4.79 Å². The van der Waals surface area contributed by atoms with Crippen molar-refractivity contribution in [2.75, 3.05) is 24.5 Å². The van der Waals surface area contributed by atoms with E-state index in [9.17, 15) is 4.79 Å². The number of rotatable bonds is 5. The van der Waals surface area contributed by atoms with E-state index >= 15 is 0 Å². The lowest BCUT2D eigenvalue weighted by molar-refractivity contribution is -0.122. The largest absolute Gasteiger partial charge is 0.358 e. The van der Waals surface area contributed by atoms with Gasteiger partial charge in [0.15, 0.2) is 0 Å². The van der Waals surface area contributed by atoms with Crippen molar-refractivity contribution in [3.05, 3.63) is 28.8 Å². The van der Waals surface area contributed by atoms with Gasteiger partial charge in [0.05, 0.1) is 0 Å². The van der Waals surface area contributed by atoms with Crippen LogP contribution in [-0.2, 0) is 11.3 Å². The zero-order chi connectivity index (χ0) is 14.5. The highest BCUT2D eigenvalue weighted by Gasteiger charge is 2.25. The minimum Gasteiger partial charge on any atom is -0.358 e. The van der Waals surface area contributed by atoms with Crippen molar-refractivity contribution in [1.29, 1.82) is 0 Å². The number of benzene rings is 1. The van der Waals surface area contributed by atoms with E-state index in [0.717, 1.165) is 42.3 Å². The first kappa shape index (κ1) is 15.1. The van der Waals surface area contributed by atoms with Gasteiger partial charge in [-0.1, -0.05) is 24.6 Å².